The average molecular weight is 321 g/mol. The van der Waals surface area contributed by atoms with E-state index < -0.39 is 27.0 Å². The van der Waals surface area contributed by atoms with E-state index >= 15 is 0 Å². The van der Waals surface area contributed by atoms with Gasteiger partial charge in [-0.15, -0.1) is 0 Å². The summed E-state index contributed by atoms with van der Waals surface area (Å²) in [6.45, 7) is 0.435. The Morgan fingerprint density at radius 3 is 2.70 bits per heavy atom. The molecule has 1 amide bonds. The molecule has 1 aliphatic heterocycles. The van der Waals surface area contributed by atoms with Crippen molar-refractivity contribution in [3.63, 3.8) is 0 Å². The summed E-state index contributed by atoms with van der Waals surface area (Å²) in [5.41, 5.74) is 0.102. The van der Waals surface area contributed by atoms with Crippen LogP contribution in [-0.2, 0) is 10.0 Å². The van der Waals surface area contributed by atoms with Crippen LogP contribution in [0, 0.1) is 5.82 Å². The first-order valence-corrected chi connectivity index (χ1v) is 8.03. The molecule has 0 aromatic heterocycles. The minimum absolute atomic E-state index is 0.0196. The van der Waals surface area contributed by atoms with Crippen molar-refractivity contribution in [2.24, 2.45) is 5.14 Å². The first kappa shape index (κ1) is 15.2. The average Bonchev–Trinajstić information content (AvgIpc) is 2.36. The molecule has 1 aromatic rings. The lowest BCUT2D eigenvalue weighted by molar-refractivity contribution is 0.0726. The molecule has 5 nitrogen and oxygen atoms in total. The van der Waals surface area contributed by atoms with Crippen LogP contribution >= 0.6 is 11.6 Å². The van der Waals surface area contributed by atoms with E-state index in [1.54, 1.807) is 0 Å². The monoisotopic (exact) mass is 320 g/mol. The number of piperidine rings is 1. The molecule has 0 bridgehead atoms. The maximum Gasteiger partial charge on any atom is 0.254 e. The molecule has 1 heterocycles. The maximum atomic E-state index is 13.3. The predicted molar refractivity (Wildman–Crippen MR) is 73.4 cm³/mol. The summed E-state index contributed by atoms with van der Waals surface area (Å²) in [7, 11) is -3.68. The number of sulfonamides is 1. The van der Waals surface area contributed by atoms with Gasteiger partial charge in [0, 0.05) is 23.7 Å². The fourth-order valence-electron chi connectivity index (χ4n) is 2.25. The van der Waals surface area contributed by atoms with E-state index in [1.165, 1.54) is 11.0 Å². The van der Waals surface area contributed by atoms with Crippen LogP contribution in [0.1, 0.15) is 23.2 Å². The Balaban J connectivity index is 2.20. The lowest BCUT2D eigenvalue weighted by atomic mass is 10.1. The molecule has 20 heavy (non-hydrogen) atoms. The summed E-state index contributed by atoms with van der Waals surface area (Å²) >= 11 is 5.71. The van der Waals surface area contributed by atoms with E-state index in [0.717, 1.165) is 12.1 Å². The Hall–Kier alpha value is -1.18. The first-order valence-electron chi connectivity index (χ1n) is 6.04. The predicted octanol–water partition coefficient (Wildman–Crippen LogP) is 1.37. The Labute approximate surface area is 121 Å². The highest BCUT2D eigenvalue weighted by molar-refractivity contribution is 7.89. The van der Waals surface area contributed by atoms with Crippen LogP contribution in [0.25, 0.3) is 0 Å². The molecule has 8 heteroatoms. The van der Waals surface area contributed by atoms with Gasteiger partial charge in [0.2, 0.25) is 10.0 Å². The Morgan fingerprint density at radius 1 is 1.40 bits per heavy atom. The number of carbonyl (C=O) groups excluding carboxylic acids is 1. The highest BCUT2D eigenvalue weighted by atomic mass is 35.5. The minimum Gasteiger partial charge on any atom is -0.337 e. The molecule has 110 valence electrons. The zero-order valence-corrected chi connectivity index (χ0v) is 12.1. The van der Waals surface area contributed by atoms with Crippen molar-refractivity contribution < 1.29 is 17.6 Å². The molecular formula is C12H14ClFN2O3S. The third-order valence-electron chi connectivity index (χ3n) is 3.24. The Bertz CT molecular complexity index is 615. The van der Waals surface area contributed by atoms with Crippen LogP contribution in [0.4, 0.5) is 4.39 Å². The molecule has 1 unspecified atom stereocenters. The van der Waals surface area contributed by atoms with Crippen LogP contribution < -0.4 is 5.14 Å². The van der Waals surface area contributed by atoms with Gasteiger partial charge in [-0.05, 0) is 31.0 Å². The molecule has 0 saturated carbocycles. The molecule has 1 aliphatic rings. The van der Waals surface area contributed by atoms with Gasteiger partial charge in [-0.1, -0.05) is 11.6 Å². The zero-order valence-electron chi connectivity index (χ0n) is 10.6. The van der Waals surface area contributed by atoms with Crippen LogP contribution in [0.5, 0.6) is 0 Å². The lowest BCUT2D eigenvalue weighted by Gasteiger charge is -2.31. The largest absolute Gasteiger partial charge is 0.337 e. The number of likely N-dealkylation sites (tertiary alicyclic amines) is 1. The maximum absolute atomic E-state index is 13.3. The first-order chi connectivity index (χ1) is 9.27. The fourth-order valence-corrected chi connectivity index (χ4v) is 3.36. The Kier molecular flexibility index (Phi) is 4.31. The second-order valence-electron chi connectivity index (χ2n) is 4.76. The molecule has 2 N–H and O–H groups in total. The number of rotatable bonds is 2. The summed E-state index contributed by atoms with van der Waals surface area (Å²) < 4.78 is 36.0. The van der Waals surface area contributed by atoms with Gasteiger partial charge in [0.1, 0.15) is 5.82 Å². The van der Waals surface area contributed by atoms with Gasteiger partial charge >= 0.3 is 0 Å². The Morgan fingerprint density at radius 2 is 2.10 bits per heavy atom. The van der Waals surface area contributed by atoms with Crippen LogP contribution in [0.2, 0.25) is 5.02 Å². The normalized spacial score (nSPS) is 19.9. The summed E-state index contributed by atoms with van der Waals surface area (Å²) in [5.74, 6) is -1.05. The SMILES string of the molecule is NS(=O)(=O)C1CCCN(C(=O)c2cc(F)cc(Cl)c2)C1. The summed E-state index contributed by atoms with van der Waals surface area (Å²) in [6, 6.07) is 3.53. The zero-order chi connectivity index (χ0) is 14.9. The second-order valence-corrected chi connectivity index (χ2v) is 7.04. The molecule has 2 rings (SSSR count). The molecule has 0 radical (unpaired) electrons. The number of halogens is 2. The minimum atomic E-state index is -3.68. The van der Waals surface area contributed by atoms with Gasteiger partial charge in [0.05, 0.1) is 5.25 Å². The van der Waals surface area contributed by atoms with Crippen LogP contribution in [0.15, 0.2) is 18.2 Å². The molecule has 1 atom stereocenters. The van der Waals surface area contributed by atoms with E-state index in [9.17, 15) is 17.6 Å². The number of amides is 1. The van der Waals surface area contributed by atoms with Crippen molar-refractivity contribution in [2.45, 2.75) is 18.1 Å². The van der Waals surface area contributed by atoms with E-state index in [0.29, 0.717) is 19.4 Å². The smallest absolute Gasteiger partial charge is 0.254 e. The number of primary sulfonamides is 1. The van der Waals surface area contributed by atoms with E-state index in [4.69, 9.17) is 16.7 Å². The fraction of sp³-hybridized carbons (Fsp3) is 0.417. The third-order valence-corrected chi connectivity index (χ3v) is 4.77. The number of hydrogen-bond acceptors (Lipinski definition) is 3. The van der Waals surface area contributed by atoms with Gasteiger partial charge in [0.25, 0.3) is 5.91 Å². The molecular weight excluding hydrogens is 307 g/mol. The summed E-state index contributed by atoms with van der Waals surface area (Å²) in [6.07, 6.45) is 0.961. The molecule has 1 fully saturated rings. The third kappa shape index (κ3) is 3.47. The number of carbonyl (C=O) groups is 1. The molecule has 0 aliphatic carbocycles. The number of nitrogens with two attached hydrogens (primary N) is 1. The standard InChI is InChI=1S/C12H14ClFN2O3S/c13-9-4-8(5-10(14)6-9)12(17)16-3-1-2-11(7-16)20(15,18)19/h4-6,11H,1-3,7H2,(H2,15,18,19). The summed E-state index contributed by atoms with van der Waals surface area (Å²) in [5, 5.41) is 4.46. The van der Waals surface area contributed by atoms with Crippen molar-refractivity contribution in [1.29, 1.82) is 0 Å². The van der Waals surface area contributed by atoms with Crippen molar-refractivity contribution in [1.82, 2.24) is 4.90 Å². The van der Waals surface area contributed by atoms with Crippen molar-refractivity contribution in [3.05, 3.63) is 34.6 Å². The lowest BCUT2D eigenvalue weighted by Crippen LogP contribution is -2.47. The van der Waals surface area contributed by atoms with Crippen molar-refractivity contribution in [3.8, 4) is 0 Å². The van der Waals surface area contributed by atoms with Crippen molar-refractivity contribution >= 4 is 27.5 Å². The van der Waals surface area contributed by atoms with Crippen LogP contribution in [-0.4, -0.2) is 37.6 Å². The summed E-state index contributed by atoms with van der Waals surface area (Å²) in [4.78, 5) is 13.6. The number of hydrogen-bond donors (Lipinski definition) is 1. The van der Waals surface area contributed by atoms with Gasteiger partial charge < -0.3 is 4.90 Å². The van der Waals surface area contributed by atoms with E-state index in [1.807, 2.05) is 0 Å². The van der Waals surface area contributed by atoms with Gasteiger partial charge in [-0.3, -0.25) is 4.79 Å². The number of nitrogens with zero attached hydrogens (tertiary/aromatic N) is 1. The van der Waals surface area contributed by atoms with Gasteiger partial charge in [0.15, 0.2) is 0 Å². The van der Waals surface area contributed by atoms with Crippen LogP contribution in [0.3, 0.4) is 0 Å². The second kappa shape index (κ2) is 5.67. The highest BCUT2D eigenvalue weighted by Crippen LogP contribution is 2.20. The number of benzene rings is 1. The highest BCUT2D eigenvalue weighted by Gasteiger charge is 2.31. The quantitative estimate of drug-likeness (QED) is 0.893. The van der Waals surface area contributed by atoms with E-state index in [2.05, 4.69) is 0 Å². The molecule has 1 saturated heterocycles. The van der Waals surface area contributed by atoms with Gasteiger partial charge in [-0.2, -0.15) is 0 Å². The van der Waals surface area contributed by atoms with Crippen molar-refractivity contribution in [2.75, 3.05) is 13.1 Å². The molecule has 1 aromatic carbocycles. The van der Waals surface area contributed by atoms with E-state index in [-0.39, 0.29) is 17.1 Å². The topological polar surface area (TPSA) is 80.5 Å². The molecule has 0 spiro atoms. The van der Waals surface area contributed by atoms with Gasteiger partial charge in [-0.25, -0.2) is 17.9 Å².